The van der Waals surface area contributed by atoms with Gasteiger partial charge in [-0.2, -0.15) is 0 Å². The predicted octanol–water partition coefficient (Wildman–Crippen LogP) is 3.39. The quantitative estimate of drug-likeness (QED) is 0.607. The van der Waals surface area contributed by atoms with Gasteiger partial charge in [-0.3, -0.25) is 4.90 Å². The monoisotopic (exact) mass is 419 g/mol. The van der Waals surface area contributed by atoms with Crippen LogP contribution in [-0.4, -0.2) is 52.2 Å². The maximum Gasteiger partial charge on any atom is 0.339 e. The van der Waals surface area contributed by atoms with Gasteiger partial charge < -0.3 is 19.8 Å². The summed E-state index contributed by atoms with van der Waals surface area (Å²) >= 11 is 0. The first kappa shape index (κ1) is 20.7. The number of pyridine rings is 1. The highest BCUT2D eigenvalue weighted by atomic mass is 16.5. The van der Waals surface area contributed by atoms with Crippen molar-refractivity contribution < 1.29 is 19.7 Å². The zero-order valence-corrected chi connectivity index (χ0v) is 17.1. The lowest BCUT2D eigenvalue weighted by Crippen LogP contribution is -2.46. The number of aromatic carboxylic acids is 1. The van der Waals surface area contributed by atoms with Crippen molar-refractivity contribution in [3.8, 4) is 11.5 Å². The molecule has 2 aromatic carbocycles. The number of phenolic OH excluding ortho intramolecular Hbond substituents is 1. The highest BCUT2D eigenvalue weighted by Crippen LogP contribution is 2.26. The van der Waals surface area contributed by atoms with E-state index in [1.54, 1.807) is 24.4 Å². The Balaban J connectivity index is 1.33. The second kappa shape index (κ2) is 9.49. The minimum Gasteiger partial charge on any atom is -0.507 e. The highest BCUT2D eigenvalue weighted by molar-refractivity contribution is 5.93. The number of phenols is 1. The Bertz CT molecular complexity index is 1030. The summed E-state index contributed by atoms with van der Waals surface area (Å²) in [6.07, 6.45) is 1.62. The number of nitrogens with zero attached hydrogens (tertiary/aromatic N) is 3. The Kier molecular flexibility index (Phi) is 6.33. The second-order valence-electron chi connectivity index (χ2n) is 7.51. The van der Waals surface area contributed by atoms with Gasteiger partial charge in [0, 0.05) is 50.6 Å². The molecular formula is C24H25N3O4. The topological polar surface area (TPSA) is 86.1 Å². The van der Waals surface area contributed by atoms with Crippen LogP contribution in [0.15, 0.2) is 66.9 Å². The fourth-order valence-corrected chi connectivity index (χ4v) is 3.68. The Morgan fingerprint density at radius 2 is 1.77 bits per heavy atom. The first-order valence-corrected chi connectivity index (χ1v) is 10.2. The second-order valence-corrected chi connectivity index (χ2v) is 7.51. The highest BCUT2D eigenvalue weighted by Gasteiger charge is 2.22. The number of rotatable bonds is 7. The molecule has 0 saturated carbocycles. The van der Waals surface area contributed by atoms with Gasteiger partial charge in [0.1, 0.15) is 29.5 Å². The molecule has 4 rings (SSSR count). The smallest absolute Gasteiger partial charge is 0.339 e. The Labute approximate surface area is 181 Å². The Morgan fingerprint density at radius 3 is 2.48 bits per heavy atom. The number of benzene rings is 2. The molecule has 0 bridgehead atoms. The summed E-state index contributed by atoms with van der Waals surface area (Å²) in [6, 6.07) is 18.5. The fraction of sp³-hybridized carbons (Fsp3) is 0.250. The van der Waals surface area contributed by atoms with Crippen molar-refractivity contribution in [2.75, 3.05) is 31.1 Å². The summed E-state index contributed by atoms with van der Waals surface area (Å²) in [5.41, 5.74) is 2.13. The SMILES string of the molecule is O=C(O)c1cccnc1N1CCN(Cc2ccc(OCc3ccccc3)cc2O)CC1. The molecule has 160 valence electrons. The van der Waals surface area contributed by atoms with E-state index in [2.05, 4.69) is 9.88 Å². The molecule has 7 nitrogen and oxygen atoms in total. The Hall–Kier alpha value is -3.58. The van der Waals surface area contributed by atoms with Crippen LogP contribution >= 0.6 is 0 Å². The molecule has 31 heavy (non-hydrogen) atoms. The van der Waals surface area contributed by atoms with Gasteiger partial charge in [-0.1, -0.05) is 36.4 Å². The molecule has 2 N–H and O–H groups in total. The fourth-order valence-electron chi connectivity index (χ4n) is 3.68. The van der Waals surface area contributed by atoms with Gasteiger partial charge in [0.15, 0.2) is 0 Å². The van der Waals surface area contributed by atoms with Crippen LogP contribution < -0.4 is 9.64 Å². The number of anilines is 1. The van der Waals surface area contributed by atoms with Crippen molar-refractivity contribution in [2.24, 2.45) is 0 Å². The molecule has 1 fully saturated rings. The molecule has 0 amide bonds. The summed E-state index contributed by atoms with van der Waals surface area (Å²) in [7, 11) is 0. The van der Waals surface area contributed by atoms with Gasteiger partial charge in [-0.15, -0.1) is 0 Å². The summed E-state index contributed by atoms with van der Waals surface area (Å²) in [5, 5.41) is 19.8. The molecule has 0 unspecified atom stereocenters. The van der Waals surface area contributed by atoms with Crippen molar-refractivity contribution >= 4 is 11.8 Å². The number of aromatic nitrogens is 1. The summed E-state index contributed by atoms with van der Waals surface area (Å²) in [5.74, 6) is 0.389. The van der Waals surface area contributed by atoms with Crippen molar-refractivity contribution in [3.05, 3.63) is 83.6 Å². The van der Waals surface area contributed by atoms with Gasteiger partial charge in [0.25, 0.3) is 0 Å². The molecule has 1 aliphatic rings. The lowest BCUT2D eigenvalue weighted by atomic mass is 10.1. The van der Waals surface area contributed by atoms with E-state index in [1.807, 2.05) is 47.4 Å². The third kappa shape index (κ3) is 5.13. The van der Waals surface area contributed by atoms with E-state index in [4.69, 9.17) is 4.74 Å². The van der Waals surface area contributed by atoms with Crippen molar-refractivity contribution in [2.45, 2.75) is 13.2 Å². The van der Waals surface area contributed by atoms with Crippen molar-refractivity contribution in [1.29, 1.82) is 0 Å². The summed E-state index contributed by atoms with van der Waals surface area (Å²) < 4.78 is 5.78. The molecule has 0 aliphatic carbocycles. The van der Waals surface area contributed by atoms with Crippen molar-refractivity contribution in [1.82, 2.24) is 9.88 Å². The predicted molar refractivity (Wildman–Crippen MR) is 118 cm³/mol. The number of carboxylic acid groups (broad SMARTS) is 1. The van der Waals surface area contributed by atoms with Crippen LogP contribution in [0.4, 0.5) is 5.82 Å². The zero-order chi connectivity index (χ0) is 21.6. The molecular weight excluding hydrogens is 394 g/mol. The van der Waals surface area contributed by atoms with Gasteiger partial charge in [0.05, 0.1) is 0 Å². The van der Waals surface area contributed by atoms with E-state index in [-0.39, 0.29) is 11.3 Å². The van der Waals surface area contributed by atoms with E-state index in [1.165, 1.54) is 0 Å². The molecule has 1 aromatic heterocycles. The number of ether oxygens (including phenoxy) is 1. The van der Waals surface area contributed by atoms with E-state index < -0.39 is 5.97 Å². The van der Waals surface area contributed by atoms with Crippen LogP contribution in [0.2, 0.25) is 0 Å². The first-order valence-electron chi connectivity index (χ1n) is 10.2. The molecule has 0 spiro atoms. The van der Waals surface area contributed by atoms with Gasteiger partial charge in [-0.25, -0.2) is 9.78 Å². The van der Waals surface area contributed by atoms with Crippen LogP contribution in [0.25, 0.3) is 0 Å². The van der Waals surface area contributed by atoms with Crippen LogP contribution in [-0.2, 0) is 13.2 Å². The molecule has 2 heterocycles. The minimum absolute atomic E-state index is 0.214. The van der Waals surface area contributed by atoms with E-state index in [0.29, 0.717) is 37.8 Å². The molecule has 1 saturated heterocycles. The number of carbonyl (C=O) groups is 1. The van der Waals surface area contributed by atoms with Crippen LogP contribution in [0.5, 0.6) is 11.5 Å². The Morgan fingerprint density at radius 1 is 1.00 bits per heavy atom. The first-order chi connectivity index (χ1) is 15.1. The molecule has 0 radical (unpaired) electrons. The van der Waals surface area contributed by atoms with Gasteiger partial charge >= 0.3 is 5.97 Å². The van der Waals surface area contributed by atoms with Crippen LogP contribution in [0.1, 0.15) is 21.5 Å². The number of carboxylic acids is 1. The number of hydrogen-bond acceptors (Lipinski definition) is 6. The third-order valence-corrected chi connectivity index (χ3v) is 5.39. The maximum absolute atomic E-state index is 11.4. The maximum atomic E-state index is 11.4. The van der Waals surface area contributed by atoms with Gasteiger partial charge in [-0.05, 0) is 23.8 Å². The molecule has 1 aliphatic heterocycles. The summed E-state index contributed by atoms with van der Waals surface area (Å²) in [4.78, 5) is 20.0. The largest absolute Gasteiger partial charge is 0.507 e. The average Bonchev–Trinajstić information content (AvgIpc) is 2.80. The van der Waals surface area contributed by atoms with E-state index >= 15 is 0 Å². The average molecular weight is 419 g/mol. The molecule has 3 aromatic rings. The van der Waals surface area contributed by atoms with Crippen LogP contribution in [0, 0.1) is 0 Å². The lowest BCUT2D eigenvalue weighted by molar-refractivity contribution is 0.0697. The van der Waals surface area contributed by atoms with E-state index in [9.17, 15) is 15.0 Å². The molecule has 7 heteroatoms. The number of aromatic hydroxyl groups is 1. The number of hydrogen-bond donors (Lipinski definition) is 2. The third-order valence-electron chi connectivity index (χ3n) is 5.39. The zero-order valence-electron chi connectivity index (χ0n) is 17.1. The normalized spacial score (nSPS) is 14.4. The lowest BCUT2D eigenvalue weighted by Gasteiger charge is -2.36. The van der Waals surface area contributed by atoms with Gasteiger partial charge in [0.2, 0.25) is 0 Å². The standard InChI is InChI=1S/C24H25N3O4/c28-22-15-20(31-17-18-5-2-1-3-6-18)9-8-19(22)16-26-11-13-27(14-12-26)23-21(24(29)30)7-4-10-25-23/h1-10,15,28H,11-14,16-17H2,(H,29,30). The number of piperazine rings is 1. The molecule has 0 atom stereocenters. The minimum atomic E-state index is -0.968. The van der Waals surface area contributed by atoms with E-state index in [0.717, 1.165) is 24.2 Å². The van der Waals surface area contributed by atoms with Crippen molar-refractivity contribution in [3.63, 3.8) is 0 Å². The van der Waals surface area contributed by atoms with Crippen LogP contribution in [0.3, 0.4) is 0 Å². The summed E-state index contributed by atoms with van der Waals surface area (Å²) in [6.45, 7) is 3.93.